The standard InChI is InChI=1S/C36H29NO5/c1-3-42-29-18-9-7-16-27(29)31-32(33(38)23-12-10-13-24(21-23)41-2)37-28-17-8-4-11-22(28)19-20-30(37)36(31)34(39)25-14-5-6-15-26(25)35(36)40/h4-21,30-32H,3H2,1-2H3/t30-,31+,32-/m0/s1. The van der Waals surface area contributed by atoms with Crippen LogP contribution in [0.15, 0.2) is 103 Å². The summed E-state index contributed by atoms with van der Waals surface area (Å²) >= 11 is 0. The normalized spacial score (nSPS) is 21.2. The van der Waals surface area contributed by atoms with Gasteiger partial charge in [-0.2, -0.15) is 0 Å². The van der Waals surface area contributed by atoms with Crippen LogP contribution in [0.4, 0.5) is 5.69 Å². The molecule has 1 saturated heterocycles. The van der Waals surface area contributed by atoms with E-state index < -0.39 is 23.4 Å². The number of hydrogen-bond donors (Lipinski definition) is 0. The van der Waals surface area contributed by atoms with Crippen LogP contribution in [0.1, 0.15) is 55.0 Å². The number of rotatable bonds is 6. The first-order valence-corrected chi connectivity index (χ1v) is 14.2. The molecule has 6 nitrogen and oxygen atoms in total. The van der Waals surface area contributed by atoms with Crippen molar-refractivity contribution in [2.24, 2.45) is 5.41 Å². The maximum atomic E-state index is 14.9. The van der Waals surface area contributed by atoms with Gasteiger partial charge >= 0.3 is 0 Å². The first-order chi connectivity index (χ1) is 20.5. The first kappa shape index (κ1) is 26.0. The third-order valence-corrected chi connectivity index (χ3v) is 8.89. The summed E-state index contributed by atoms with van der Waals surface area (Å²) < 4.78 is 11.6. The fourth-order valence-corrected chi connectivity index (χ4v) is 7.23. The van der Waals surface area contributed by atoms with E-state index in [1.807, 2.05) is 72.5 Å². The van der Waals surface area contributed by atoms with Crippen molar-refractivity contribution in [3.63, 3.8) is 0 Å². The molecule has 2 heterocycles. The number of methoxy groups -OCH3 is 1. The second-order valence-corrected chi connectivity index (χ2v) is 10.8. The lowest BCUT2D eigenvalue weighted by Gasteiger charge is -2.37. The monoisotopic (exact) mass is 555 g/mol. The van der Waals surface area contributed by atoms with E-state index in [1.54, 1.807) is 55.6 Å². The minimum Gasteiger partial charge on any atom is -0.497 e. The van der Waals surface area contributed by atoms with Crippen molar-refractivity contribution in [1.82, 2.24) is 0 Å². The SMILES string of the molecule is CCOc1ccccc1[C@@H]1[C@@H](C(=O)c2cccc(OC)c2)N2c3ccccc3C=C[C@H]2C12C(=O)c1ccccc1C2=O. The second kappa shape index (κ2) is 9.84. The molecule has 0 amide bonds. The van der Waals surface area contributed by atoms with Crippen LogP contribution in [-0.4, -0.2) is 43.2 Å². The summed E-state index contributed by atoms with van der Waals surface area (Å²) in [5.41, 5.74) is 2.03. The summed E-state index contributed by atoms with van der Waals surface area (Å²) in [6, 6.07) is 27.7. The van der Waals surface area contributed by atoms with Crippen LogP contribution in [0, 0.1) is 5.41 Å². The maximum Gasteiger partial charge on any atom is 0.186 e. The van der Waals surface area contributed by atoms with Crippen molar-refractivity contribution >= 4 is 29.1 Å². The van der Waals surface area contributed by atoms with Crippen molar-refractivity contribution in [3.8, 4) is 11.5 Å². The average Bonchev–Trinajstić information content (AvgIpc) is 3.47. The molecular weight excluding hydrogens is 526 g/mol. The zero-order valence-corrected chi connectivity index (χ0v) is 23.3. The average molecular weight is 556 g/mol. The van der Waals surface area contributed by atoms with Gasteiger partial charge in [0.2, 0.25) is 0 Å². The lowest BCUT2D eigenvalue weighted by Crippen LogP contribution is -2.48. The van der Waals surface area contributed by atoms with Crippen LogP contribution in [0.25, 0.3) is 6.08 Å². The van der Waals surface area contributed by atoms with Gasteiger partial charge in [0.1, 0.15) is 23.0 Å². The van der Waals surface area contributed by atoms with Crippen LogP contribution in [0.3, 0.4) is 0 Å². The summed E-state index contributed by atoms with van der Waals surface area (Å²) in [5, 5.41) is 0. The molecule has 0 radical (unpaired) electrons. The Labute approximate surface area is 244 Å². The van der Waals surface area contributed by atoms with Gasteiger partial charge in [-0.3, -0.25) is 14.4 Å². The molecule has 4 aromatic rings. The predicted molar refractivity (Wildman–Crippen MR) is 161 cm³/mol. The first-order valence-electron chi connectivity index (χ1n) is 14.2. The van der Waals surface area contributed by atoms with Crippen LogP contribution < -0.4 is 14.4 Å². The molecule has 0 unspecified atom stereocenters. The molecule has 1 spiro atoms. The Morgan fingerprint density at radius 2 is 1.55 bits per heavy atom. The van der Waals surface area contributed by atoms with E-state index in [9.17, 15) is 14.4 Å². The molecule has 0 saturated carbocycles. The minimum absolute atomic E-state index is 0.200. The molecule has 42 heavy (non-hydrogen) atoms. The molecule has 6 heteroatoms. The largest absolute Gasteiger partial charge is 0.497 e. The van der Waals surface area contributed by atoms with E-state index in [0.29, 0.717) is 40.4 Å². The lowest BCUT2D eigenvalue weighted by atomic mass is 9.64. The van der Waals surface area contributed by atoms with Crippen molar-refractivity contribution in [1.29, 1.82) is 0 Å². The van der Waals surface area contributed by atoms with E-state index >= 15 is 0 Å². The smallest absolute Gasteiger partial charge is 0.186 e. The van der Waals surface area contributed by atoms with Crippen LogP contribution in [-0.2, 0) is 0 Å². The molecule has 3 atom stereocenters. The highest BCUT2D eigenvalue weighted by molar-refractivity contribution is 6.32. The molecule has 1 aliphatic carbocycles. The molecule has 3 aliphatic rings. The number of nitrogens with zero attached hydrogens (tertiary/aromatic N) is 1. The van der Waals surface area contributed by atoms with Gasteiger partial charge in [-0.05, 0) is 36.8 Å². The van der Waals surface area contributed by atoms with Crippen LogP contribution in [0.5, 0.6) is 11.5 Å². The Morgan fingerprint density at radius 1 is 0.857 bits per heavy atom. The number of ketones is 3. The summed E-state index contributed by atoms with van der Waals surface area (Å²) in [6.07, 6.45) is 3.89. The van der Waals surface area contributed by atoms with Gasteiger partial charge < -0.3 is 14.4 Å². The Bertz CT molecular complexity index is 1750. The maximum absolute atomic E-state index is 14.9. The minimum atomic E-state index is -1.58. The third-order valence-electron chi connectivity index (χ3n) is 8.89. The number of ether oxygens (including phenoxy) is 2. The second-order valence-electron chi connectivity index (χ2n) is 10.8. The zero-order chi connectivity index (χ0) is 29.0. The van der Waals surface area contributed by atoms with E-state index in [4.69, 9.17) is 9.47 Å². The lowest BCUT2D eigenvalue weighted by molar-refractivity contribution is 0.0664. The predicted octanol–water partition coefficient (Wildman–Crippen LogP) is 6.41. The molecule has 0 aromatic heterocycles. The van der Waals surface area contributed by atoms with Crippen molar-refractivity contribution in [2.45, 2.75) is 24.9 Å². The van der Waals surface area contributed by atoms with Gasteiger partial charge in [0.25, 0.3) is 0 Å². The highest BCUT2D eigenvalue weighted by atomic mass is 16.5. The summed E-state index contributed by atoms with van der Waals surface area (Å²) in [4.78, 5) is 46.5. The Kier molecular flexibility index (Phi) is 6.08. The molecule has 0 bridgehead atoms. The van der Waals surface area contributed by atoms with E-state index in [1.165, 1.54) is 0 Å². The van der Waals surface area contributed by atoms with Crippen molar-refractivity contribution in [3.05, 3.63) is 131 Å². The summed E-state index contributed by atoms with van der Waals surface area (Å²) in [5.74, 6) is -0.461. The van der Waals surface area contributed by atoms with Crippen molar-refractivity contribution < 1.29 is 23.9 Å². The molecular formula is C36H29NO5. The molecule has 0 N–H and O–H groups in total. The zero-order valence-electron chi connectivity index (χ0n) is 23.3. The van der Waals surface area contributed by atoms with Gasteiger partial charge in [-0.1, -0.05) is 84.9 Å². The van der Waals surface area contributed by atoms with E-state index in [-0.39, 0.29) is 17.3 Å². The topological polar surface area (TPSA) is 72.9 Å². The molecule has 2 aliphatic heterocycles. The Balaban J connectivity index is 1.56. The highest BCUT2D eigenvalue weighted by Gasteiger charge is 2.71. The van der Waals surface area contributed by atoms with Gasteiger partial charge in [-0.15, -0.1) is 0 Å². The van der Waals surface area contributed by atoms with Gasteiger partial charge in [0.05, 0.1) is 19.8 Å². The van der Waals surface area contributed by atoms with Gasteiger partial charge in [0, 0.05) is 33.9 Å². The molecule has 4 aromatic carbocycles. The van der Waals surface area contributed by atoms with Crippen LogP contribution in [0.2, 0.25) is 0 Å². The number of fused-ring (bicyclic) bond motifs is 5. The van der Waals surface area contributed by atoms with E-state index in [0.717, 1.165) is 11.3 Å². The quantitative estimate of drug-likeness (QED) is 0.202. The molecule has 7 rings (SSSR count). The third kappa shape index (κ3) is 3.48. The number of carbonyl (C=O) groups is 3. The number of carbonyl (C=O) groups excluding carboxylic acids is 3. The summed E-state index contributed by atoms with van der Waals surface area (Å²) in [7, 11) is 1.56. The van der Waals surface area contributed by atoms with Gasteiger partial charge in [-0.25, -0.2) is 0 Å². The number of para-hydroxylation sites is 2. The summed E-state index contributed by atoms with van der Waals surface area (Å²) in [6.45, 7) is 2.29. The van der Waals surface area contributed by atoms with Crippen LogP contribution >= 0.6 is 0 Å². The number of anilines is 1. The number of Topliss-reactive ketones (excluding diaryl/α,β-unsaturated/α-hetero) is 3. The fourth-order valence-electron chi connectivity index (χ4n) is 7.23. The number of benzene rings is 4. The fraction of sp³-hybridized carbons (Fsp3) is 0.194. The van der Waals surface area contributed by atoms with Crippen molar-refractivity contribution in [2.75, 3.05) is 18.6 Å². The number of hydrogen-bond acceptors (Lipinski definition) is 6. The van der Waals surface area contributed by atoms with Gasteiger partial charge in [0.15, 0.2) is 17.3 Å². The Morgan fingerprint density at radius 3 is 2.29 bits per heavy atom. The highest BCUT2D eigenvalue weighted by Crippen LogP contribution is 2.62. The molecule has 208 valence electrons. The van der Waals surface area contributed by atoms with E-state index in [2.05, 4.69) is 0 Å². The Hall–Kier alpha value is -4.97. The molecule has 1 fully saturated rings.